The number of para-hydroxylation sites is 1. The van der Waals surface area contributed by atoms with Gasteiger partial charge in [-0.1, -0.05) is 42.5 Å². The highest BCUT2D eigenvalue weighted by molar-refractivity contribution is 5.92. The Balaban J connectivity index is 1.61. The molecule has 1 fully saturated rings. The van der Waals surface area contributed by atoms with Crippen LogP contribution in [0.25, 0.3) is 6.08 Å². The van der Waals surface area contributed by atoms with E-state index in [9.17, 15) is 22.8 Å². The summed E-state index contributed by atoms with van der Waals surface area (Å²) < 4.78 is 41.4. The predicted molar refractivity (Wildman–Crippen MR) is 105 cm³/mol. The third-order valence-corrected chi connectivity index (χ3v) is 4.66. The van der Waals surface area contributed by atoms with Gasteiger partial charge < -0.3 is 15.0 Å². The molecule has 2 aromatic carbocycles. The number of likely N-dealkylation sites (tertiary alicyclic amines) is 1. The summed E-state index contributed by atoms with van der Waals surface area (Å²) in [5.74, 6) is -0.713. The Bertz CT molecular complexity index is 941. The summed E-state index contributed by atoms with van der Waals surface area (Å²) in [6, 6.07) is 13.1. The van der Waals surface area contributed by atoms with Gasteiger partial charge in [-0.15, -0.1) is 13.2 Å². The van der Waals surface area contributed by atoms with Gasteiger partial charge in [-0.3, -0.25) is 9.59 Å². The average Bonchev–Trinajstić information content (AvgIpc) is 3.10. The third-order valence-electron chi connectivity index (χ3n) is 4.66. The van der Waals surface area contributed by atoms with E-state index in [0.717, 1.165) is 30.2 Å². The van der Waals surface area contributed by atoms with Crippen molar-refractivity contribution in [2.45, 2.75) is 32.3 Å². The van der Waals surface area contributed by atoms with Crippen LogP contribution in [0.1, 0.15) is 29.5 Å². The molecule has 158 valence electrons. The lowest BCUT2D eigenvalue weighted by Gasteiger charge is -2.18. The Morgan fingerprint density at radius 3 is 2.50 bits per heavy atom. The maximum absolute atomic E-state index is 12.5. The number of nitrogens with zero attached hydrogens (tertiary/aromatic N) is 1. The number of benzene rings is 2. The molecule has 5 nitrogen and oxygen atoms in total. The number of hydrogen-bond acceptors (Lipinski definition) is 3. The summed E-state index contributed by atoms with van der Waals surface area (Å²) in [6.45, 7) is 1.45. The zero-order valence-electron chi connectivity index (χ0n) is 16.1. The van der Waals surface area contributed by atoms with E-state index < -0.39 is 12.3 Å². The van der Waals surface area contributed by atoms with Crippen LogP contribution < -0.4 is 10.1 Å². The predicted octanol–water partition coefficient (Wildman–Crippen LogP) is 4.04. The Hall–Kier alpha value is -3.29. The first kappa shape index (κ1) is 21.4. The Kier molecular flexibility index (Phi) is 6.76. The largest absolute Gasteiger partial charge is 0.573 e. The Morgan fingerprint density at radius 2 is 1.80 bits per heavy atom. The molecule has 1 N–H and O–H groups in total. The topological polar surface area (TPSA) is 58.6 Å². The van der Waals surface area contributed by atoms with Crippen LogP contribution in [-0.2, 0) is 22.7 Å². The zero-order valence-corrected chi connectivity index (χ0v) is 16.1. The fourth-order valence-corrected chi connectivity index (χ4v) is 3.20. The number of alkyl halides is 3. The number of carbonyl (C=O) groups excluding carboxylic acids is 2. The van der Waals surface area contributed by atoms with Gasteiger partial charge in [0.25, 0.3) is 0 Å². The molecule has 8 heteroatoms. The highest BCUT2D eigenvalue weighted by Gasteiger charge is 2.31. The van der Waals surface area contributed by atoms with Crippen LogP contribution in [0.2, 0.25) is 0 Å². The first-order valence-electron chi connectivity index (χ1n) is 9.47. The van der Waals surface area contributed by atoms with Crippen molar-refractivity contribution in [3.05, 3.63) is 71.3 Å². The van der Waals surface area contributed by atoms with Crippen LogP contribution in [0.3, 0.4) is 0 Å². The first-order valence-corrected chi connectivity index (χ1v) is 9.47. The molecule has 0 aliphatic carbocycles. The zero-order chi connectivity index (χ0) is 21.6. The van der Waals surface area contributed by atoms with Gasteiger partial charge in [0.15, 0.2) is 0 Å². The van der Waals surface area contributed by atoms with E-state index in [1.54, 1.807) is 11.0 Å². The second-order valence-electron chi connectivity index (χ2n) is 6.82. The van der Waals surface area contributed by atoms with Crippen molar-refractivity contribution in [1.82, 2.24) is 10.2 Å². The summed E-state index contributed by atoms with van der Waals surface area (Å²) in [4.78, 5) is 25.8. The lowest BCUT2D eigenvalue weighted by atomic mass is 10.1. The van der Waals surface area contributed by atoms with E-state index in [4.69, 9.17) is 0 Å². The minimum atomic E-state index is -4.81. The number of rotatable bonds is 7. The summed E-state index contributed by atoms with van der Waals surface area (Å²) in [6.07, 6.45) is -0.978. The van der Waals surface area contributed by atoms with Crippen molar-refractivity contribution >= 4 is 17.9 Å². The molecule has 2 aromatic rings. The maximum atomic E-state index is 12.5. The lowest BCUT2D eigenvalue weighted by molar-refractivity contribution is -0.274. The quantitative estimate of drug-likeness (QED) is 0.691. The molecule has 0 radical (unpaired) electrons. The summed E-state index contributed by atoms with van der Waals surface area (Å²) in [5.41, 5.74) is 1.96. The highest BCUT2D eigenvalue weighted by atomic mass is 19.4. The molecule has 1 aliphatic heterocycles. The SMILES string of the molecule is O=C(/C=C/c1ccccc1OC(F)(F)F)NCc1ccccc1CN1CCCC1=O. The van der Waals surface area contributed by atoms with Gasteiger partial charge in [-0.2, -0.15) is 0 Å². The van der Waals surface area contributed by atoms with Gasteiger partial charge in [0.2, 0.25) is 11.8 Å². The molecule has 0 bridgehead atoms. The van der Waals surface area contributed by atoms with E-state index >= 15 is 0 Å². The number of nitrogens with one attached hydrogen (secondary N) is 1. The van der Waals surface area contributed by atoms with Crippen LogP contribution in [-0.4, -0.2) is 29.6 Å². The number of ether oxygens (including phenoxy) is 1. The van der Waals surface area contributed by atoms with Gasteiger partial charge in [0, 0.05) is 37.7 Å². The van der Waals surface area contributed by atoms with Crippen molar-refractivity contribution in [3.8, 4) is 5.75 Å². The van der Waals surface area contributed by atoms with Crippen molar-refractivity contribution in [2.24, 2.45) is 0 Å². The van der Waals surface area contributed by atoms with E-state index in [0.29, 0.717) is 13.0 Å². The van der Waals surface area contributed by atoms with E-state index in [1.807, 2.05) is 24.3 Å². The van der Waals surface area contributed by atoms with Crippen molar-refractivity contribution in [3.63, 3.8) is 0 Å². The lowest BCUT2D eigenvalue weighted by Crippen LogP contribution is -2.26. The van der Waals surface area contributed by atoms with Gasteiger partial charge in [-0.05, 0) is 29.7 Å². The summed E-state index contributed by atoms with van der Waals surface area (Å²) in [7, 11) is 0. The molecule has 3 rings (SSSR count). The molecule has 0 unspecified atom stereocenters. The average molecular weight is 418 g/mol. The van der Waals surface area contributed by atoms with E-state index in [1.165, 1.54) is 24.3 Å². The normalized spacial score (nSPS) is 14.4. The third kappa shape index (κ3) is 6.10. The standard InChI is InChI=1S/C22H21F3N2O3/c23-22(24,25)30-19-9-4-3-6-16(19)11-12-20(28)26-14-17-7-1-2-8-18(17)15-27-13-5-10-21(27)29/h1-4,6-9,11-12H,5,10,13-15H2,(H,26,28)/b12-11+. The van der Waals surface area contributed by atoms with Crippen LogP contribution in [0.5, 0.6) is 5.75 Å². The molecule has 1 saturated heterocycles. The molecule has 1 heterocycles. The van der Waals surface area contributed by atoms with Crippen molar-refractivity contribution < 1.29 is 27.5 Å². The van der Waals surface area contributed by atoms with Gasteiger partial charge in [0.1, 0.15) is 5.75 Å². The van der Waals surface area contributed by atoms with Crippen LogP contribution in [0.4, 0.5) is 13.2 Å². The van der Waals surface area contributed by atoms with Crippen LogP contribution >= 0.6 is 0 Å². The summed E-state index contributed by atoms with van der Waals surface area (Å²) >= 11 is 0. The summed E-state index contributed by atoms with van der Waals surface area (Å²) in [5, 5.41) is 2.72. The van der Waals surface area contributed by atoms with E-state index in [2.05, 4.69) is 10.1 Å². The minimum absolute atomic E-state index is 0.122. The smallest absolute Gasteiger partial charge is 0.405 e. The highest BCUT2D eigenvalue weighted by Crippen LogP contribution is 2.27. The fraction of sp³-hybridized carbons (Fsp3) is 0.273. The molecule has 0 atom stereocenters. The van der Waals surface area contributed by atoms with Gasteiger partial charge in [-0.25, -0.2) is 0 Å². The first-order chi connectivity index (χ1) is 14.3. The number of carbonyl (C=O) groups is 2. The van der Waals surface area contributed by atoms with Crippen LogP contribution in [0, 0.1) is 0 Å². The Morgan fingerprint density at radius 1 is 1.10 bits per heavy atom. The molecule has 30 heavy (non-hydrogen) atoms. The molecular weight excluding hydrogens is 397 g/mol. The maximum Gasteiger partial charge on any atom is 0.573 e. The molecule has 2 amide bonds. The van der Waals surface area contributed by atoms with Gasteiger partial charge >= 0.3 is 6.36 Å². The second kappa shape index (κ2) is 9.47. The minimum Gasteiger partial charge on any atom is -0.405 e. The molecular formula is C22H21F3N2O3. The molecule has 0 spiro atoms. The fourth-order valence-electron chi connectivity index (χ4n) is 3.20. The second-order valence-corrected chi connectivity index (χ2v) is 6.82. The number of halogens is 3. The number of amides is 2. The van der Waals surface area contributed by atoms with Crippen LogP contribution in [0.15, 0.2) is 54.6 Å². The van der Waals surface area contributed by atoms with Crippen molar-refractivity contribution in [2.75, 3.05) is 6.54 Å². The Labute approximate surface area is 172 Å². The molecule has 0 aromatic heterocycles. The van der Waals surface area contributed by atoms with Crippen molar-refractivity contribution in [1.29, 1.82) is 0 Å². The molecule has 0 saturated carbocycles. The van der Waals surface area contributed by atoms with E-state index in [-0.39, 0.29) is 23.8 Å². The van der Waals surface area contributed by atoms with Gasteiger partial charge in [0.05, 0.1) is 0 Å². The molecule has 1 aliphatic rings. The number of hydrogen-bond donors (Lipinski definition) is 1. The monoisotopic (exact) mass is 418 g/mol.